The highest BCUT2D eigenvalue weighted by Gasteiger charge is 2.30. The van der Waals surface area contributed by atoms with Crippen molar-refractivity contribution < 1.29 is 9.90 Å². The van der Waals surface area contributed by atoms with Gasteiger partial charge in [0.15, 0.2) is 0 Å². The number of urea groups is 1. The maximum absolute atomic E-state index is 12.9. The van der Waals surface area contributed by atoms with Gasteiger partial charge in [0.05, 0.1) is 22.4 Å². The van der Waals surface area contributed by atoms with Crippen molar-refractivity contribution in [2.75, 3.05) is 23.3 Å². The Balaban J connectivity index is 1.51. The number of rotatable bonds is 4. The molecule has 2 aliphatic rings. The van der Waals surface area contributed by atoms with Crippen LogP contribution in [-0.2, 0) is 6.54 Å². The molecule has 4 N–H and O–H groups in total. The number of phenolic OH excluding ortho intramolecular Hbond substituents is 1. The van der Waals surface area contributed by atoms with Crippen LogP contribution in [0.5, 0.6) is 5.75 Å². The predicted molar refractivity (Wildman–Crippen MR) is 112 cm³/mol. The minimum atomic E-state index is -0.204. The summed E-state index contributed by atoms with van der Waals surface area (Å²) in [5.74, 6) is 0.169. The number of aromatic hydroxyl groups is 1. The van der Waals surface area contributed by atoms with E-state index in [0.717, 1.165) is 46.0 Å². The number of carbonyl (C=O) groups excluding carboxylic acids is 1. The second-order valence-electron chi connectivity index (χ2n) is 7.12. The maximum atomic E-state index is 12.9. The minimum absolute atomic E-state index is 0.169. The van der Waals surface area contributed by atoms with E-state index in [2.05, 4.69) is 20.9 Å². The van der Waals surface area contributed by atoms with Crippen LogP contribution in [0.15, 0.2) is 36.5 Å². The van der Waals surface area contributed by atoms with Gasteiger partial charge in [0.25, 0.3) is 0 Å². The number of thiophene rings is 1. The summed E-state index contributed by atoms with van der Waals surface area (Å²) in [5.41, 5.74) is 2.38. The van der Waals surface area contributed by atoms with Gasteiger partial charge in [0.1, 0.15) is 10.6 Å². The highest BCUT2D eigenvalue weighted by atomic mass is 32.1. The molecule has 4 heterocycles. The molecule has 1 saturated heterocycles. The fourth-order valence-electron chi connectivity index (χ4n) is 3.89. The summed E-state index contributed by atoms with van der Waals surface area (Å²) in [4.78, 5) is 21.1. The highest BCUT2D eigenvalue weighted by molar-refractivity contribution is 7.19. The summed E-state index contributed by atoms with van der Waals surface area (Å²) in [7, 11) is 0. The Hall–Kier alpha value is -2.68. The normalized spacial score (nSPS) is 19.1. The first kappa shape index (κ1) is 17.4. The van der Waals surface area contributed by atoms with E-state index in [1.807, 2.05) is 6.07 Å². The predicted octanol–water partition coefficient (Wildman–Crippen LogP) is 3.53. The zero-order valence-corrected chi connectivity index (χ0v) is 16.1. The molecule has 7 nitrogen and oxygen atoms in total. The Kier molecular flexibility index (Phi) is 4.38. The Bertz CT molecular complexity index is 1030. The van der Waals surface area contributed by atoms with Crippen molar-refractivity contribution >= 4 is 44.6 Å². The summed E-state index contributed by atoms with van der Waals surface area (Å²) in [5, 5.41) is 20.6. The van der Waals surface area contributed by atoms with Crippen LogP contribution >= 0.6 is 11.3 Å². The van der Waals surface area contributed by atoms with Crippen LogP contribution in [-0.4, -0.2) is 35.3 Å². The highest BCUT2D eigenvalue weighted by Crippen LogP contribution is 2.45. The number of phenols is 1. The number of pyridine rings is 1. The van der Waals surface area contributed by atoms with Gasteiger partial charge in [-0.15, -0.1) is 11.3 Å². The number of carbonyl (C=O) groups is 1. The third-order valence-electron chi connectivity index (χ3n) is 5.27. The van der Waals surface area contributed by atoms with Gasteiger partial charge < -0.3 is 21.1 Å². The topological polar surface area (TPSA) is 89.5 Å². The quantitative estimate of drug-likeness (QED) is 0.543. The molecule has 2 aliphatic heterocycles. The van der Waals surface area contributed by atoms with Crippen molar-refractivity contribution in [3.8, 4) is 5.75 Å². The monoisotopic (exact) mass is 395 g/mol. The second kappa shape index (κ2) is 7.05. The number of hydrogen-bond donors (Lipinski definition) is 4. The molecule has 144 valence electrons. The number of nitrogens with zero attached hydrogens (tertiary/aromatic N) is 2. The van der Waals surface area contributed by atoms with Crippen LogP contribution in [0.3, 0.4) is 0 Å². The van der Waals surface area contributed by atoms with E-state index in [0.29, 0.717) is 18.3 Å². The minimum Gasteiger partial charge on any atom is -0.508 e. The molecule has 5 rings (SSSR count). The maximum Gasteiger partial charge on any atom is 0.331 e. The van der Waals surface area contributed by atoms with Gasteiger partial charge >= 0.3 is 6.03 Å². The molecule has 1 fully saturated rings. The van der Waals surface area contributed by atoms with Crippen molar-refractivity contribution in [2.24, 2.45) is 0 Å². The zero-order chi connectivity index (χ0) is 19.1. The van der Waals surface area contributed by atoms with Gasteiger partial charge in [0, 0.05) is 30.2 Å². The smallest absolute Gasteiger partial charge is 0.331 e. The summed E-state index contributed by atoms with van der Waals surface area (Å²) in [6, 6.07) is 8.74. The van der Waals surface area contributed by atoms with Crippen molar-refractivity contribution in [3.63, 3.8) is 0 Å². The lowest BCUT2D eigenvalue weighted by molar-refractivity contribution is 0.259. The Morgan fingerprint density at radius 1 is 1.29 bits per heavy atom. The van der Waals surface area contributed by atoms with Crippen LogP contribution in [0.2, 0.25) is 0 Å². The van der Waals surface area contributed by atoms with Crippen molar-refractivity contribution in [2.45, 2.75) is 25.4 Å². The molecular formula is C20H21N5O2S. The van der Waals surface area contributed by atoms with Gasteiger partial charge in [-0.05, 0) is 49.7 Å². The van der Waals surface area contributed by atoms with E-state index in [4.69, 9.17) is 0 Å². The SMILES string of the molecule is O=C1Nc2c(CN[C@@H]3CCCNC3)sc3nccc(c23)N1c1ccc(O)cc1. The fraction of sp³-hybridized carbons (Fsp3) is 0.300. The number of piperidine rings is 1. The van der Waals surface area contributed by atoms with Crippen LogP contribution in [0.1, 0.15) is 17.7 Å². The first-order chi connectivity index (χ1) is 13.7. The molecule has 0 aliphatic carbocycles. The van der Waals surface area contributed by atoms with Crippen LogP contribution in [0.25, 0.3) is 10.2 Å². The lowest BCUT2D eigenvalue weighted by atomic mass is 10.1. The molecule has 1 aromatic carbocycles. The Labute approximate surface area is 166 Å². The average molecular weight is 395 g/mol. The van der Waals surface area contributed by atoms with Crippen LogP contribution in [0, 0.1) is 0 Å². The van der Waals surface area contributed by atoms with E-state index < -0.39 is 0 Å². The average Bonchev–Trinajstić information content (AvgIpc) is 3.07. The molecule has 3 aromatic rings. The number of aromatic nitrogens is 1. The molecule has 0 spiro atoms. The first-order valence-electron chi connectivity index (χ1n) is 9.45. The number of benzene rings is 1. The zero-order valence-electron chi connectivity index (χ0n) is 15.2. The van der Waals surface area contributed by atoms with Gasteiger partial charge in [-0.2, -0.15) is 0 Å². The standard InChI is InChI=1S/C20H21N5O2S/c26-14-5-3-13(4-6-14)25-15-7-9-22-19-17(15)18(24-20(25)27)16(28-19)11-23-12-2-1-8-21-10-12/h3-7,9,12,21,23,26H,1-2,8,10-11H2,(H,24,27)/t12-/m1/s1. The Morgan fingerprint density at radius 3 is 2.93 bits per heavy atom. The molecule has 2 amide bonds. The molecule has 28 heavy (non-hydrogen) atoms. The molecule has 0 radical (unpaired) electrons. The van der Waals surface area contributed by atoms with Crippen molar-refractivity contribution in [3.05, 3.63) is 41.4 Å². The molecule has 8 heteroatoms. The van der Waals surface area contributed by atoms with E-state index >= 15 is 0 Å². The third kappa shape index (κ3) is 2.99. The summed E-state index contributed by atoms with van der Waals surface area (Å²) in [6.07, 6.45) is 4.09. The first-order valence-corrected chi connectivity index (χ1v) is 10.3. The number of anilines is 3. The van der Waals surface area contributed by atoms with E-state index in [1.54, 1.807) is 46.7 Å². The van der Waals surface area contributed by atoms with Gasteiger partial charge in [-0.3, -0.25) is 4.90 Å². The van der Waals surface area contributed by atoms with Crippen LogP contribution < -0.4 is 20.9 Å². The molecule has 0 unspecified atom stereocenters. The molecular weight excluding hydrogens is 374 g/mol. The largest absolute Gasteiger partial charge is 0.508 e. The summed E-state index contributed by atoms with van der Waals surface area (Å²) < 4.78 is 0. The molecule has 1 atom stereocenters. The van der Waals surface area contributed by atoms with Gasteiger partial charge in [-0.25, -0.2) is 9.78 Å². The molecule has 2 aromatic heterocycles. The van der Waals surface area contributed by atoms with E-state index in [9.17, 15) is 9.90 Å². The van der Waals surface area contributed by atoms with E-state index in [1.165, 1.54) is 6.42 Å². The van der Waals surface area contributed by atoms with Crippen molar-refractivity contribution in [1.82, 2.24) is 15.6 Å². The summed E-state index contributed by atoms with van der Waals surface area (Å²) >= 11 is 1.62. The molecule has 0 bridgehead atoms. The lowest BCUT2D eigenvalue weighted by Gasteiger charge is -2.28. The Morgan fingerprint density at radius 2 is 2.14 bits per heavy atom. The number of amides is 2. The number of nitrogens with one attached hydrogen (secondary N) is 3. The van der Waals surface area contributed by atoms with Crippen LogP contribution in [0.4, 0.5) is 21.9 Å². The summed E-state index contributed by atoms with van der Waals surface area (Å²) in [6.45, 7) is 2.77. The number of hydrogen-bond acceptors (Lipinski definition) is 6. The second-order valence-corrected chi connectivity index (χ2v) is 8.20. The van der Waals surface area contributed by atoms with Gasteiger partial charge in [0.2, 0.25) is 0 Å². The molecule has 0 saturated carbocycles. The van der Waals surface area contributed by atoms with E-state index in [-0.39, 0.29) is 11.8 Å². The third-order valence-corrected chi connectivity index (χ3v) is 6.37. The van der Waals surface area contributed by atoms with Gasteiger partial charge in [-0.1, -0.05) is 0 Å². The lowest BCUT2D eigenvalue weighted by Crippen LogP contribution is -2.42. The fourth-order valence-corrected chi connectivity index (χ4v) is 4.96. The van der Waals surface area contributed by atoms with Crippen molar-refractivity contribution in [1.29, 1.82) is 0 Å².